The van der Waals surface area contributed by atoms with Gasteiger partial charge in [0.1, 0.15) is 0 Å². The van der Waals surface area contributed by atoms with E-state index in [4.69, 9.17) is 0 Å². The van der Waals surface area contributed by atoms with Gasteiger partial charge in [-0.05, 0) is 0 Å². The number of hydrogen-bond donors (Lipinski definition) is 0. The van der Waals surface area contributed by atoms with Crippen molar-refractivity contribution in [3.63, 3.8) is 0 Å². The molecule has 0 aliphatic heterocycles. The standard InChI is InChI=1S/C30H67Si7.Sb/c1-31(2,3)28(32(4,5)6)25-22-26(29(33(7,8)9)34(10,11)12)24-27(23-25)30(35(13,14)15,36(16,17)18)37(19,20)21;/h23-24,28-29H,1-21H3;. The molecule has 1 aromatic rings. The molecule has 0 spiro atoms. The van der Waals surface area contributed by atoms with Gasteiger partial charge < -0.3 is 0 Å². The molecule has 0 fully saturated rings. The van der Waals surface area contributed by atoms with E-state index in [0.29, 0.717) is 4.28 Å². The van der Waals surface area contributed by atoms with Gasteiger partial charge in [0.2, 0.25) is 0 Å². The molecule has 8 heteroatoms. The Morgan fingerprint density at radius 1 is 0.447 bits per heavy atom. The molecule has 0 aromatic heterocycles. The van der Waals surface area contributed by atoms with Crippen LogP contribution in [0.15, 0.2) is 12.1 Å². The molecule has 1 aromatic carbocycles. The molecule has 0 N–H and O–H groups in total. The molecule has 38 heavy (non-hydrogen) atoms. The Bertz CT molecular complexity index is 866. The van der Waals surface area contributed by atoms with Crippen molar-refractivity contribution in [2.24, 2.45) is 0 Å². The summed E-state index contributed by atoms with van der Waals surface area (Å²) in [6, 6.07) is 5.80. The molecule has 0 amide bonds. The number of rotatable bonds is 10. The third-order valence-corrected chi connectivity index (χ3v) is 50.2. The van der Waals surface area contributed by atoms with Crippen LogP contribution in [0.3, 0.4) is 0 Å². The Balaban J connectivity index is 4.70. The van der Waals surface area contributed by atoms with Gasteiger partial charge in [-0.3, -0.25) is 0 Å². The van der Waals surface area contributed by atoms with Gasteiger partial charge in [0.25, 0.3) is 0 Å². The summed E-state index contributed by atoms with van der Waals surface area (Å²) >= 11 is 2.07. The Labute approximate surface area is 261 Å². The summed E-state index contributed by atoms with van der Waals surface area (Å²) in [5, 5.41) is 1.61. The van der Waals surface area contributed by atoms with E-state index in [-0.39, 0.29) is 0 Å². The summed E-state index contributed by atoms with van der Waals surface area (Å²) in [6.07, 6.45) is 0. The van der Waals surface area contributed by atoms with Crippen LogP contribution in [0.2, 0.25) is 137 Å². The van der Waals surface area contributed by atoms with Crippen molar-refractivity contribution in [3.05, 3.63) is 28.8 Å². The predicted octanol–water partition coefficient (Wildman–Crippen LogP) is 10.0. The topological polar surface area (TPSA) is 0 Å². The SMILES string of the molecule is C[Si](C)(C)C(c1cc(C([Si](C)(C)C)([Si](C)(C)C)[Si](C)(C)C)cc(C([Si](C)(C)C)[Si](C)(C)C)[c]1[Sb])[Si](C)(C)C. The van der Waals surface area contributed by atoms with E-state index in [1.54, 1.807) is 3.51 Å². The van der Waals surface area contributed by atoms with Crippen molar-refractivity contribution < 1.29 is 0 Å². The first-order chi connectivity index (χ1) is 16.2. The van der Waals surface area contributed by atoms with Crippen LogP contribution in [-0.4, -0.2) is 79.5 Å². The summed E-state index contributed by atoms with van der Waals surface area (Å²) in [6.45, 7) is 56.6. The van der Waals surface area contributed by atoms with Gasteiger partial charge >= 0.3 is 264 Å². The Kier molecular flexibility index (Phi) is 11.1. The van der Waals surface area contributed by atoms with Crippen LogP contribution in [0.5, 0.6) is 0 Å². The molecule has 0 atom stereocenters. The molecular formula is C30H67SbSi7. The first-order valence-corrected chi connectivity index (χ1v) is 41.2. The van der Waals surface area contributed by atoms with Crippen molar-refractivity contribution in [1.29, 1.82) is 0 Å². The first kappa shape index (κ1) is 37.6. The van der Waals surface area contributed by atoms with Crippen LogP contribution in [-0.2, 0) is 4.28 Å². The molecule has 0 bridgehead atoms. The monoisotopic (exact) mass is 744 g/mol. The molecule has 220 valence electrons. The van der Waals surface area contributed by atoms with E-state index in [0.717, 1.165) is 10.3 Å². The van der Waals surface area contributed by atoms with Crippen LogP contribution in [0.4, 0.5) is 0 Å². The molecule has 0 aliphatic rings. The molecule has 1 rings (SSSR count). The number of hydrogen-bond acceptors (Lipinski definition) is 0. The summed E-state index contributed by atoms with van der Waals surface area (Å²) in [7, 11) is -10.5. The first-order valence-electron chi connectivity index (χ1n) is 15.1. The van der Waals surface area contributed by atoms with Gasteiger partial charge in [0.15, 0.2) is 0 Å². The van der Waals surface area contributed by atoms with Crippen molar-refractivity contribution in [2.45, 2.75) is 152 Å². The zero-order valence-electron chi connectivity index (χ0n) is 29.8. The van der Waals surface area contributed by atoms with E-state index in [2.05, 4.69) is 173 Å². The van der Waals surface area contributed by atoms with E-state index in [9.17, 15) is 0 Å². The molecule has 0 heterocycles. The fourth-order valence-electron chi connectivity index (χ4n) is 10.5. The Hall–Kier alpha value is 1.56. The molecule has 0 unspecified atom stereocenters. The molecule has 0 nitrogen and oxygen atoms in total. The van der Waals surface area contributed by atoms with Gasteiger partial charge in [0.05, 0.1) is 0 Å². The van der Waals surface area contributed by atoms with Gasteiger partial charge in [-0.1, -0.05) is 0 Å². The maximum absolute atomic E-state index is 2.90. The minimum atomic E-state index is -1.59. The second-order valence-electron chi connectivity index (χ2n) is 19.8. The van der Waals surface area contributed by atoms with E-state index in [1.807, 2.05) is 16.7 Å². The van der Waals surface area contributed by atoms with Crippen molar-refractivity contribution in [2.75, 3.05) is 0 Å². The predicted molar refractivity (Wildman–Crippen MR) is 202 cm³/mol. The third kappa shape index (κ3) is 7.36. The second kappa shape index (κ2) is 11.2. The zero-order chi connectivity index (χ0) is 30.9. The molecule has 0 aliphatic carbocycles. The normalized spacial score (nSPS) is 15.6. The summed E-state index contributed by atoms with van der Waals surface area (Å²) in [4.78, 5) is 0. The fourth-order valence-corrected chi connectivity index (χ4v) is 68.5. The summed E-state index contributed by atoms with van der Waals surface area (Å²) in [5.41, 5.74) is 5.47. The Morgan fingerprint density at radius 3 is 0.816 bits per heavy atom. The van der Waals surface area contributed by atoms with Crippen LogP contribution >= 0.6 is 0 Å². The average Bonchev–Trinajstić information content (AvgIpc) is 2.49. The number of benzene rings is 1. The third-order valence-electron chi connectivity index (χ3n) is 9.06. The van der Waals surface area contributed by atoms with Crippen LogP contribution < -0.4 is 3.51 Å². The quantitative estimate of drug-likeness (QED) is 0.209. The van der Waals surface area contributed by atoms with E-state index in [1.165, 1.54) is 0 Å². The molecule has 0 saturated heterocycles. The van der Waals surface area contributed by atoms with Crippen molar-refractivity contribution in [3.8, 4) is 0 Å². The van der Waals surface area contributed by atoms with Crippen LogP contribution in [0.1, 0.15) is 27.0 Å². The minimum absolute atomic E-state index is 0.433. The van der Waals surface area contributed by atoms with E-state index < -0.39 is 56.5 Å². The van der Waals surface area contributed by atoms with Crippen molar-refractivity contribution >= 4 is 83.0 Å². The summed E-state index contributed by atoms with van der Waals surface area (Å²) < 4.78 is 2.19. The van der Waals surface area contributed by atoms with E-state index >= 15 is 0 Å². The van der Waals surface area contributed by atoms with Gasteiger partial charge in [-0.15, -0.1) is 0 Å². The van der Waals surface area contributed by atoms with Gasteiger partial charge in [-0.25, -0.2) is 0 Å². The Morgan fingerprint density at radius 2 is 0.658 bits per heavy atom. The molecular weight excluding hydrogens is 679 g/mol. The summed E-state index contributed by atoms with van der Waals surface area (Å²) in [5.74, 6) is 0. The van der Waals surface area contributed by atoms with Crippen LogP contribution in [0.25, 0.3) is 0 Å². The second-order valence-corrected chi connectivity index (χ2v) is 60.8. The van der Waals surface area contributed by atoms with Gasteiger partial charge in [0, 0.05) is 0 Å². The average molecular weight is 746 g/mol. The van der Waals surface area contributed by atoms with Crippen LogP contribution in [0, 0.1) is 0 Å². The molecule has 2 radical (unpaired) electrons. The zero-order valence-corrected chi connectivity index (χ0v) is 39.3. The maximum atomic E-state index is 2.90. The fraction of sp³-hybridized carbons (Fsp3) is 0.800. The molecule has 0 saturated carbocycles. The van der Waals surface area contributed by atoms with Crippen molar-refractivity contribution in [1.82, 2.24) is 0 Å². The van der Waals surface area contributed by atoms with Gasteiger partial charge in [-0.2, -0.15) is 0 Å².